The lowest BCUT2D eigenvalue weighted by Gasteiger charge is -2.37. The third-order valence-corrected chi connectivity index (χ3v) is 6.61. The third kappa shape index (κ3) is 3.41. The average molecular weight is 396 g/mol. The Morgan fingerprint density at radius 1 is 1.34 bits per heavy atom. The lowest BCUT2D eigenvalue weighted by atomic mass is 9.69. The van der Waals surface area contributed by atoms with E-state index in [1.54, 1.807) is 12.1 Å². The Labute approximate surface area is 172 Å². The summed E-state index contributed by atoms with van der Waals surface area (Å²) in [6, 6.07) is 6.42. The van der Waals surface area contributed by atoms with E-state index in [1.807, 2.05) is 15.8 Å². The van der Waals surface area contributed by atoms with Gasteiger partial charge in [0.2, 0.25) is 5.91 Å². The molecule has 2 aromatic rings. The van der Waals surface area contributed by atoms with E-state index < -0.39 is 0 Å². The number of nitrogens with zero attached hydrogens (tertiary/aromatic N) is 3. The minimum Gasteiger partial charge on any atom is -0.342 e. The van der Waals surface area contributed by atoms with Gasteiger partial charge in [0.25, 0.3) is 0 Å². The van der Waals surface area contributed by atoms with E-state index in [0.717, 1.165) is 49.3 Å². The molecule has 2 atom stereocenters. The topological polar surface area (TPSA) is 38.1 Å². The first-order chi connectivity index (χ1) is 13.8. The maximum Gasteiger partial charge on any atom is 0.226 e. The summed E-state index contributed by atoms with van der Waals surface area (Å²) in [5.41, 5.74) is 4.27. The standard InChI is InChI=1S/C24H30FN3O/c1-5-27(15-16(2)3)23(29)21-11-6-18-12-22-17(13-24(18,21)4)14-26-28(22)20-9-7-19(25)8-10-20/h7-10,12,14,16,21H,5-6,11,13,15H2,1-4H3/t21-,24+/m1/s1. The van der Waals surface area contributed by atoms with Crippen molar-refractivity contribution in [1.82, 2.24) is 14.7 Å². The summed E-state index contributed by atoms with van der Waals surface area (Å²) in [7, 11) is 0. The Kier molecular flexibility index (Phi) is 5.09. The first kappa shape index (κ1) is 19.9. The number of carbonyl (C=O) groups excluding carboxylic acids is 1. The SMILES string of the molecule is CCN(CC(C)C)C(=O)[C@H]1CCC2=Cc3c(cnn3-c3ccc(F)cc3)C[C@@]21C. The van der Waals surface area contributed by atoms with Crippen LogP contribution in [0.4, 0.5) is 4.39 Å². The second-order valence-electron chi connectivity index (χ2n) is 9.07. The van der Waals surface area contributed by atoms with Crippen LogP contribution in [0.5, 0.6) is 0 Å². The zero-order chi connectivity index (χ0) is 20.8. The molecule has 1 aromatic heterocycles. The van der Waals surface area contributed by atoms with Crippen molar-refractivity contribution in [2.45, 2.75) is 47.0 Å². The summed E-state index contributed by atoms with van der Waals surface area (Å²) in [5, 5.41) is 4.57. The van der Waals surface area contributed by atoms with E-state index in [0.29, 0.717) is 11.8 Å². The molecule has 154 valence electrons. The van der Waals surface area contributed by atoms with Gasteiger partial charge in [0.05, 0.1) is 17.6 Å². The van der Waals surface area contributed by atoms with Crippen molar-refractivity contribution in [1.29, 1.82) is 0 Å². The highest BCUT2D eigenvalue weighted by Gasteiger charge is 2.49. The van der Waals surface area contributed by atoms with Crippen molar-refractivity contribution in [3.8, 4) is 5.69 Å². The Bertz CT molecular complexity index is 944. The number of halogens is 1. The van der Waals surface area contributed by atoms with Gasteiger partial charge in [0, 0.05) is 24.4 Å². The number of carbonyl (C=O) groups is 1. The highest BCUT2D eigenvalue weighted by Crippen LogP contribution is 2.53. The number of benzene rings is 1. The average Bonchev–Trinajstić information content (AvgIpc) is 3.23. The number of hydrogen-bond donors (Lipinski definition) is 0. The molecule has 2 aliphatic carbocycles. The van der Waals surface area contributed by atoms with E-state index >= 15 is 0 Å². The summed E-state index contributed by atoms with van der Waals surface area (Å²) in [4.78, 5) is 15.4. The first-order valence-electron chi connectivity index (χ1n) is 10.7. The lowest BCUT2D eigenvalue weighted by Crippen LogP contribution is -2.44. The van der Waals surface area contributed by atoms with Gasteiger partial charge >= 0.3 is 0 Å². The predicted octanol–water partition coefficient (Wildman–Crippen LogP) is 4.87. The fraction of sp³-hybridized carbons (Fsp3) is 0.500. The van der Waals surface area contributed by atoms with Crippen molar-refractivity contribution < 1.29 is 9.18 Å². The Morgan fingerprint density at radius 2 is 2.07 bits per heavy atom. The summed E-state index contributed by atoms with van der Waals surface area (Å²) in [6.45, 7) is 10.2. The third-order valence-electron chi connectivity index (χ3n) is 6.61. The number of allylic oxidation sites excluding steroid dienone is 1. The molecule has 1 saturated carbocycles. The van der Waals surface area contributed by atoms with Crippen molar-refractivity contribution in [2.24, 2.45) is 17.3 Å². The van der Waals surface area contributed by atoms with Crippen LogP contribution in [0, 0.1) is 23.1 Å². The predicted molar refractivity (Wildman–Crippen MR) is 113 cm³/mol. The Balaban J connectivity index is 1.65. The lowest BCUT2D eigenvalue weighted by molar-refractivity contribution is -0.138. The molecule has 0 aliphatic heterocycles. The van der Waals surface area contributed by atoms with Crippen molar-refractivity contribution in [3.05, 3.63) is 53.1 Å². The second-order valence-corrected chi connectivity index (χ2v) is 9.07. The van der Waals surface area contributed by atoms with Crippen LogP contribution in [-0.4, -0.2) is 33.7 Å². The van der Waals surface area contributed by atoms with E-state index in [1.165, 1.54) is 17.7 Å². The Morgan fingerprint density at radius 3 is 2.72 bits per heavy atom. The highest BCUT2D eigenvalue weighted by molar-refractivity contribution is 5.82. The molecule has 0 radical (unpaired) electrons. The van der Waals surface area contributed by atoms with Gasteiger partial charge in [-0.25, -0.2) is 9.07 Å². The Hall–Kier alpha value is -2.43. The van der Waals surface area contributed by atoms with Crippen molar-refractivity contribution in [3.63, 3.8) is 0 Å². The molecule has 4 rings (SSSR count). The molecule has 1 aromatic carbocycles. The van der Waals surface area contributed by atoms with Gasteiger partial charge in [-0.3, -0.25) is 4.79 Å². The highest BCUT2D eigenvalue weighted by atomic mass is 19.1. The van der Waals surface area contributed by atoms with E-state index in [4.69, 9.17) is 0 Å². The van der Waals surface area contributed by atoms with Crippen molar-refractivity contribution >= 4 is 12.0 Å². The van der Waals surface area contributed by atoms with Gasteiger partial charge in [-0.15, -0.1) is 0 Å². The maximum absolute atomic E-state index is 13.4. The maximum atomic E-state index is 13.4. The zero-order valence-electron chi connectivity index (χ0n) is 17.8. The van der Waals surface area contributed by atoms with Gasteiger partial charge in [0.1, 0.15) is 5.82 Å². The van der Waals surface area contributed by atoms with Gasteiger partial charge in [-0.05, 0) is 68.0 Å². The van der Waals surface area contributed by atoms with Crippen molar-refractivity contribution in [2.75, 3.05) is 13.1 Å². The summed E-state index contributed by atoms with van der Waals surface area (Å²) in [6.07, 6.45) is 6.80. The zero-order valence-corrected chi connectivity index (χ0v) is 17.8. The normalized spacial score (nSPS) is 23.0. The molecule has 0 bridgehead atoms. The molecule has 0 N–H and O–H groups in total. The van der Waals surface area contributed by atoms with E-state index in [9.17, 15) is 9.18 Å². The molecule has 2 aliphatic rings. The monoisotopic (exact) mass is 395 g/mol. The molecular formula is C24H30FN3O. The molecule has 29 heavy (non-hydrogen) atoms. The molecule has 0 saturated heterocycles. The molecule has 4 nitrogen and oxygen atoms in total. The molecule has 5 heteroatoms. The van der Waals surface area contributed by atoms with Crippen LogP contribution < -0.4 is 0 Å². The summed E-state index contributed by atoms with van der Waals surface area (Å²) in [5.74, 6) is 0.533. The number of rotatable bonds is 5. The van der Waals surface area contributed by atoms with Crippen LogP contribution >= 0.6 is 0 Å². The fourth-order valence-corrected chi connectivity index (χ4v) is 5.06. The molecule has 0 spiro atoms. The minimum atomic E-state index is -0.250. The number of amides is 1. The molecule has 1 amide bonds. The van der Waals surface area contributed by atoms with Crippen LogP contribution in [0.25, 0.3) is 11.8 Å². The van der Waals surface area contributed by atoms with Crippen LogP contribution in [0.3, 0.4) is 0 Å². The minimum absolute atomic E-state index is 0.0229. The second kappa shape index (κ2) is 7.43. The van der Waals surface area contributed by atoms with Crippen LogP contribution in [-0.2, 0) is 11.2 Å². The molecule has 0 unspecified atom stereocenters. The van der Waals surface area contributed by atoms with Gasteiger partial charge in [0.15, 0.2) is 0 Å². The quantitative estimate of drug-likeness (QED) is 0.724. The van der Waals surface area contributed by atoms with Gasteiger partial charge in [-0.2, -0.15) is 5.10 Å². The number of hydrogen-bond acceptors (Lipinski definition) is 2. The number of fused-ring (bicyclic) bond motifs is 2. The van der Waals surface area contributed by atoms with Crippen LogP contribution in [0.1, 0.15) is 51.8 Å². The van der Waals surface area contributed by atoms with Gasteiger partial charge < -0.3 is 4.90 Å². The van der Waals surface area contributed by atoms with Crippen LogP contribution in [0.15, 0.2) is 36.0 Å². The summed E-state index contributed by atoms with van der Waals surface area (Å²) < 4.78 is 15.2. The van der Waals surface area contributed by atoms with Gasteiger partial charge in [-0.1, -0.05) is 26.3 Å². The largest absolute Gasteiger partial charge is 0.342 e. The molecule has 1 heterocycles. The number of aromatic nitrogens is 2. The summed E-state index contributed by atoms with van der Waals surface area (Å²) >= 11 is 0. The molecular weight excluding hydrogens is 365 g/mol. The molecule has 1 fully saturated rings. The fourth-order valence-electron chi connectivity index (χ4n) is 5.06. The smallest absolute Gasteiger partial charge is 0.226 e. The van der Waals surface area contributed by atoms with Crippen LogP contribution in [0.2, 0.25) is 0 Å². The van der Waals surface area contributed by atoms with E-state index in [-0.39, 0.29) is 17.2 Å². The first-order valence-corrected chi connectivity index (χ1v) is 10.7. The van der Waals surface area contributed by atoms with E-state index in [2.05, 4.69) is 38.9 Å².